The molecule has 0 spiro atoms. The van der Waals surface area contributed by atoms with Gasteiger partial charge in [0, 0.05) is 17.7 Å². The molecule has 0 fully saturated rings. The predicted molar refractivity (Wildman–Crippen MR) is 108 cm³/mol. The maximum atomic E-state index is 13.4. The van der Waals surface area contributed by atoms with E-state index in [2.05, 4.69) is 22.1 Å². The van der Waals surface area contributed by atoms with E-state index in [-0.39, 0.29) is 42.8 Å². The van der Waals surface area contributed by atoms with Crippen molar-refractivity contribution in [3.63, 3.8) is 0 Å². The molecular weight excluding hydrogens is 393 g/mol. The monoisotopic (exact) mass is 413 g/mol. The molecule has 1 amide bonds. The number of nitrogens with one attached hydrogen (secondary N) is 1. The number of rotatable bonds is 5. The normalized spacial score (nSPS) is 16.5. The van der Waals surface area contributed by atoms with Crippen LogP contribution in [-0.2, 0) is 17.6 Å². The third-order valence-electron chi connectivity index (χ3n) is 4.93. The maximum absolute atomic E-state index is 13.4. The molecule has 1 aromatic carbocycles. The summed E-state index contributed by atoms with van der Waals surface area (Å²) in [6.45, 7) is 0.207. The highest BCUT2D eigenvalue weighted by Gasteiger charge is 2.30. The summed E-state index contributed by atoms with van der Waals surface area (Å²) in [4.78, 5) is 29.6. The van der Waals surface area contributed by atoms with Crippen molar-refractivity contribution in [3.8, 4) is 17.6 Å². The van der Waals surface area contributed by atoms with Gasteiger partial charge >= 0.3 is 0 Å². The van der Waals surface area contributed by atoms with Gasteiger partial charge in [0.05, 0.1) is 18.3 Å². The molecule has 2 aromatic rings. The van der Waals surface area contributed by atoms with Gasteiger partial charge in [0.25, 0.3) is 5.56 Å². The summed E-state index contributed by atoms with van der Waals surface area (Å²) in [7, 11) is 0. The summed E-state index contributed by atoms with van der Waals surface area (Å²) in [5.74, 6) is 5.73. The zero-order valence-electron chi connectivity index (χ0n) is 15.7. The zero-order chi connectivity index (χ0) is 20.2. The molecule has 0 radical (unpaired) electrons. The Kier molecular flexibility index (Phi) is 5.86. The van der Waals surface area contributed by atoms with E-state index in [0.29, 0.717) is 5.75 Å². The van der Waals surface area contributed by atoms with Crippen LogP contribution in [0.3, 0.4) is 0 Å². The molecule has 2 aliphatic rings. The quantitative estimate of drug-likeness (QED) is 0.600. The first-order valence-corrected chi connectivity index (χ1v) is 10.5. The van der Waals surface area contributed by atoms with Crippen LogP contribution in [-0.4, -0.2) is 34.4 Å². The van der Waals surface area contributed by atoms with Crippen LogP contribution in [0, 0.1) is 17.7 Å². The SMILES string of the molecule is O=C(CC1CSc2nc3c(c(=O)n21)CCC3)NCC#CCOc1ccccc1F. The van der Waals surface area contributed by atoms with Crippen molar-refractivity contribution in [2.45, 2.75) is 36.9 Å². The molecule has 1 unspecified atom stereocenters. The van der Waals surface area contributed by atoms with Gasteiger partial charge in [-0.25, -0.2) is 9.37 Å². The molecule has 4 rings (SSSR count). The Balaban J connectivity index is 1.27. The van der Waals surface area contributed by atoms with Crippen molar-refractivity contribution < 1.29 is 13.9 Å². The standard InChI is InChI=1S/C21H20FN3O3S/c22-16-7-1-2-9-18(16)28-11-4-3-10-23-19(26)12-14-13-29-21-24-17-8-5-6-15(17)20(27)25(14)21/h1-2,7,9,14H,5-6,8,10-13H2,(H,23,26). The van der Waals surface area contributed by atoms with Crippen molar-refractivity contribution in [3.05, 3.63) is 51.7 Å². The Hall–Kier alpha value is -2.79. The number of benzene rings is 1. The Morgan fingerprint density at radius 3 is 3.07 bits per heavy atom. The molecule has 2 heterocycles. The minimum atomic E-state index is -0.437. The van der Waals surface area contributed by atoms with Gasteiger partial charge in [0.2, 0.25) is 5.91 Å². The lowest BCUT2D eigenvalue weighted by Crippen LogP contribution is -2.32. The molecule has 150 valence electrons. The van der Waals surface area contributed by atoms with E-state index >= 15 is 0 Å². The van der Waals surface area contributed by atoms with Crippen LogP contribution in [0.2, 0.25) is 0 Å². The van der Waals surface area contributed by atoms with E-state index in [1.807, 2.05) is 0 Å². The molecule has 29 heavy (non-hydrogen) atoms. The number of aromatic nitrogens is 2. The van der Waals surface area contributed by atoms with E-state index in [9.17, 15) is 14.0 Å². The highest BCUT2D eigenvalue weighted by molar-refractivity contribution is 7.99. The van der Waals surface area contributed by atoms with Gasteiger partial charge in [-0.3, -0.25) is 14.2 Å². The second kappa shape index (κ2) is 8.70. The molecule has 1 N–H and O–H groups in total. The van der Waals surface area contributed by atoms with Gasteiger partial charge in [-0.1, -0.05) is 35.7 Å². The highest BCUT2D eigenvalue weighted by atomic mass is 32.2. The van der Waals surface area contributed by atoms with Crippen molar-refractivity contribution in [1.82, 2.24) is 14.9 Å². The summed E-state index contributed by atoms with van der Waals surface area (Å²) in [6, 6.07) is 5.93. The van der Waals surface area contributed by atoms with Crippen molar-refractivity contribution in [2.75, 3.05) is 18.9 Å². The molecule has 0 saturated carbocycles. The van der Waals surface area contributed by atoms with Crippen molar-refractivity contribution >= 4 is 17.7 Å². The minimum absolute atomic E-state index is 0.00962. The molecule has 1 aromatic heterocycles. The summed E-state index contributed by atoms with van der Waals surface area (Å²) in [5, 5.41) is 3.46. The van der Waals surface area contributed by atoms with Crippen LogP contribution in [0.1, 0.15) is 30.1 Å². The van der Waals surface area contributed by atoms with Gasteiger partial charge in [-0.05, 0) is 31.4 Å². The maximum Gasteiger partial charge on any atom is 0.257 e. The number of fused-ring (bicyclic) bond motifs is 2. The lowest BCUT2D eigenvalue weighted by molar-refractivity contribution is -0.121. The fourth-order valence-corrected chi connectivity index (χ4v) is 4.67. The van der Waals surface area contributed by atoms with E-state index in [1.165, 1.54) is 23.9 Å². The van der Waals surface area contributed by atoms with Crippen molar-refractivity contribution in [1.29, 1.82) is 0 Å². The zero-order valence-corrected chi connectivity index (χ0v) is 16.6. The number of carbonyl (C=O) groups is 1. The molecule has 0 saturated heterocycles. The van der Waals surface area contributed by atoms with Crippen LogP contribution in [0.25, 0.3) is 0 Å². The Morgan fingerprint density at radius 2 is 2.21 bits per heavy atom. The first kappa shape index (κ1) is 19.5. The number of hydrogen-bond acceptors (Lipinski definition) is 5. The van der Waals surface area contributed by atoms with Crippen LogP contribution in [0.5, 0.6) is 5.75 Å². The fourth-order valence-electron chi connectivity index (χ4n) is 3.52. The van der Waals surface area contributed by atoms with Crippen LogP contribution in [0.4, 0.5) is 4.39 Å². The third-order valence-corrected chi connectivity index (χ3v) is 6.03. The molecule has 1 atom stereocenters. The van der Waals surface area contributed by atoms with Crippen LogP contribution >= 0.6 is 11.8 Å². The first-order valence-electron chi connectivity index (χ1n) is 9.50. The highest BCUT2D eigenvalue weighted by Crippen LogP contribution is 2.33. The summed E-state index contributed by atoms with van der Waals surface area (Å²) < 4.78 is 20.3. The Morgan fingerprint density at radius 1 is 1.34 bits per heavy atom. The number of carbonyl (C=O) groups excluding carboxylic acids is 1. The number of hydrogen-bond donors (Lipinski definition) is 1. The number of thioether (sulfide) groups is 1. The van der Waals surface area contributed by atoms with E-state index in [0.717, 1.165) is 35.7 Å². The number of ether oxygens (including phenoxy) is 1. The van der Waals surface area contributed by atoms with Gasteiger partial charge < -0.3 is 10.1 Å². The molecule has 0 bridgehead atoms. The number of aryl methyl sites for hydroxylation is 1. The molecule has 8 heteroatoms. The lowest BCUT2D eigenvalue weighted by atomic mass is 10.2. The minimum Gasteiger partial charge on any atom is -0.478 e. The van der Waals surface area contributed by atoms with Crippen molar-refractivity contribution in [2.24, 2.45) is 0 Å². The smallest absolute Gasteiger partial charge is 0.257 e. The topological polar surface area (TPSA) is 73.2 Å². The molecular formula is C21H20FN3O3S. The van der Waals surface area contributed by atoms with E-state index in [4.69, 9.17) is 4.74 Å². The second-order valence-corrected chi connectivity index (χ2v) is 7.85. The number of amides is 1. The summed E-state index contributed by atoms with van der Waals surface area (Å²) >= 11 is 1.53. The third kappa shape index (κ3) is 4.30. The van der Waals surface area contributed by atoms with Gasteiger partial charge in [0.15, 0.2) is 16.7 Å². The van der Waals surface area contributed by atoms with Gasteiger partial charge in [-0.2, -0.15) is 0 Å². The number of para-hydroxylation sites is 1. The summed E-state index contributed by atoms with van der Waals surface area (Å²) in [5.41, 5.74) is 1.74. The molecule has 1 aliphatic carbocycles. The summed E-state index contributed by atoms with van der Waals surface area (Å²) in [6.07, 6.45) is 2.82. The second-order valence-electron chi connectivity index (χ2n) is 6.87. The van der Waals surface area contributed by atoms with Crippen LogP contribution < -0.4 is 15.6 Å². The van der Waals surface area contributed by atoms with E-state index < -0.39 is 5.82 Å². The average Bonchev–Trinajstić information content (AvgIpc) is 3.34. The first-order chi connectivity index (χ1) is 14.1. The van der Waals surface area contributed by atoms with E-state index in [1.54, 1.807) is 16.7 Å². The predicted octanol–water partition coefficient (Wildman–Crippen LogP) is 2.11. The molecule has 6 nitrogen and oxygen atoms in total. The van der Waals surface area contributed by atoms with Crippen LogP contribution in [0.15, 0.2) is 34.2 Å². The average molecular weight is 413 g/mol. The lowest BCUT2D eigenvalue weighted by Gasteiger charge is -2.13. The Labute approximate surface area is 171 Å². The molecule has 1 aliphatic heterocycles. The fraction of sp³-hybridized carbons (Fsp3) is 0.381. The largest absolute Gasteiger partial charge is 0.478 e. The number of halogens is 1. The van der Waals surface area contributed by atoms with Gasteiger partial charge in [-0.15, -0.1) is 0 Å². The Bertz CT molecular complexity index is 1060. The van der Waals surface area contributed by atoms with Gasteiger partial charge in [0.1, 0.15) is 6.61 Å². The number of nitrogens with zero attached hydrogens (tertiary/aromatic N) is 2.